The molecule has 0 bridgehead atoms. The van der Waals surface area contributed by atoms with Crippen LogP contribution in [-0.4, -0.2) is 29.0 Å². The number of fused-ring (bicyclic) bond motifs is 3. The number of hydrogen-bond donors (Lipinski definition) is 1. The smallest absolute Gasteiger partial charge is 0.226 e. The first-order valence-corrected chi connectivity index (χ1v) is 11.1. The van der Waals surface area contributed by atoms with Crippen molar-refractivity contribution in [2.75, 3.05) is 19.5 Å². The second-order valence-electron chi connectivity index (χ2n) is 8.41. The Bertz CT molecular complexity index is 1410. The molecule has 3 heterocycles. The Morgan fingerprint density at radius 3 is 2.47 bits per heavy atom. The molecule has 0 spiro atoms. The van der Waals surface area contributed by atoms with Gasteiger partial charge in [0.25, 0.3) is 0 Å². The zero-order valence-electron chi connectivity index (χ0n) is 19.1. The number of benzene rings is 3. The zero-order valence-corrected chi connectivity index (χ0v) is 19.1. The lowest BCUT2D eigenvalue weighted by molar-refractivity contribution is 0.223. The van der Waals surface area contributed by atoms with Crippen LogP contribution in [0.3, 0.4) is 0 Å². The fraction of sp³-hybridized carbons (Fsp3) is 0.185. The van der Waals surface area contributed by atoms with Crippen LogP contribution in [0, 0.1) is 6.92 Å². The Morgan fingerprint density at radius 2 is 1.68 bits per heavy atom. The van der Waals surface area contributed by atoms with Crippen molar-refractivity contribution in [1.29, 1.82) is 0 Å². The number of methoxy groups -OCH3 is 2. The third-order valence-corrected chi connectivity index (χ3v) is 6.42. The molecule has 170 valence electrons. The van der Waals surface area contributed by atoms with Crippen molar-refractivity contribution in [3.8, 4) is 17.2 Å². The molecule has 2 atom stereocenters. The van der Waals surface area contributed by atoms with Crippen molar-refractivity contribution >= 4 is 11.6 Å². The molecule has 0 unspecified atom stereocenters. The molecule has 2 aliphatic rings. The minimum Gasteiger partial charge on any atom is -0.493 e. The summed E-state index contributed by atoms with van der Waals surface area (Å²) >= 11 is 0. The number of ether oxygens (including phenoxy) is 3. The highest BCUT2D eigenvalue weighted by atomic mass is 16.5. The van der Waals surface area contributed by atoms with Crippen LogP contribution >= 0.6 is 0 Å². The lowest BCUT2D eigenvalue weighted by Gasteiger charge is -2.39. The average molecular weight is 453 g/mol. The van der Waals surface area contributed by atoms with Gasteiger partial charge in [-0.1, -0.05) is 48.0 Å². The van der Waals surface area contributed by atoms with Gasteiger partial charge in [-0.25, -0.2) is 4.68 Å². The van der Waals surface area contributed by atoms with Crippen LogP contribution in [-0.2, 0) is 0 Å². The number of hydrogen-bond acceptors (Lipinski definition) is 6. The molecular weight excluding hydrogens is 428 g/mol. The summed E-state index contributed by atoms with van der Waals surface area (Å²) in [5.41, 5.74) is 6.33. The molecule has 2 aliphatic heterocycles. The summed E-state index contributed by atoms with van der Waals surface area (Å²) in [4.78, 5) is 4.49. The monoisotopic (exact) mass is 452 g/mol. The van der Waals surface area contributed by atoms with Crippen LogP contribution < -0.4 is 19.5 Å². The zero-order chi connectivity index (χ0) is 23.2. The molecule has 7 nitrogen and oxygen atoms in total. The average Bonchev–Trinajstić information content (AvgIpc) is 3.35. The summed E-state index contributed by atoms with van der Waals surface area (Å²) in [7, 11) is 3.28. The SMILES string of the molecule is COc1ccc([C@@H]2C3=C(Nc4ncnn42)c2ccccc2O[C@@H]3c2ccc(C)cc2)cc1OC. The van der Waals surface area contributed by atoms with Crippen molar-refractivity contribution in [2.45, 2.75) is 19.1 Å². The first-order chi connectivity index (χ1) is 16.7. The summed E-state index contributed by atoms with van der Waals surface area (Å²) in [5.74, 6) is 2.84. The van der Waals surface area contributed by atoms with E-state index in [1.807, 2.05) is 41.1 Å². The maximum absolute atomic E-state index is 6.66. The van der Waals surface area contributed by atoms with E-state index in [0.29, 0.717) is 17.4 Å². The molecule has 7 heteroatoms. The molecule has 1 N–H and O–H groups in total. The van der Waals surface area contributed by atoms with Gasteiger partial charge in [-0.2, -0.15) is 10.1 Å². The molecule has 0 aliphatic carbocycles. The van der Waals surface area contributed by atoms with E-state index in [2.05, 4.69) is 52.7 Å². The van der Waals surface area contributed by atoms with Crippen LogP contribution in [0.15, 0.2) is 78.6 Å². The van der Waals surface area contributed by atoms with Crippen LogP contribution in [0.2, 0.25) is 0 Å². The van der Waals surface area contributed by atoms with Crippen molar-refractivity contribution in [3.05, 3.63) is 101 Å². The van der Waals surface area contributed by atoms with Gasteiger partial charge in [0.1, 0.15) is 24.2 Å². The lowest BCUT2D eigenvalue weighted by Crippen LogP contribution is -2.32. The second-order valence-corrected chi connectivity index (χ2v) is 8.41. The van der Waals surface area contributed by atoms with E-state index in [1.54, 1.807) is 20.5 Å². The molecule has 0 amide bonds. The van der Waals surface area contributed by atoms with Crippen molar-refractivity contribution in [2.24, 2.45) is 0 Å². The van der Waals surface area contributed by atoms with Gasteiger partial charge in [-0.05, 0) is 42.3 Å². The van der Waals surface area contributed by atoms with Crippen LogP contribution in [0.5, 0.6) is 17.2 Å². The van der Waals surface area contributed by atoms with E-state index in [1.165, 1.54) is 5.56 Å². The quantitative estimate of drug-likeness (QED) is 0.461. The topological polar surface area (TPSA) is 70.4 Å². The predicted octanol–water partition coefficient (Wildman–Crippen LogP) is 5.16. The highest BCUT2D eigenvalue weighted by Gasteiger charge is 2.41. The Hall–Kier alpha value is -4.26. The number of aromatic nitrogens is 3. The number of nitrogens with one attached hydrogen (secondary N) is 1. The highest BCUT2D eigenvalue weighted by molar-refractivity contribution is 5.85. The van der Waals surface area contributed by atoms with E-state index in [9.17, 15) is 0 Å². The fourth-order valence-electron chi connectivity index (χ4n) is 4.78. The van der Waals surface area contributed by atoms with E-state index in [-0.39, 0.29) is 12.1 Å². The Balaban J connectivity index is 1.61. The molecule has 0 saturated carbocycles. The van der Waals surface area contributed by atoms with Gasteiger partial charge >= 0.3 is 0 Å². The van der Waals surface area contributed by atoms with Crippen LogP contribution in [0.1, 0.15) is 34.4 Å². The normalized spacial score (nSPS) is 18.2. The van der Waals surface area contributed by atoms with Crippen molar-refractivity contribution < 1.29 is 14.2 Å². The third-order valence-electron chi connectivity index (χ3n) is 6.42. The summed E-state index contributed by atoms with van der Waals surface area (Å²) in [6, 6.07) is 22.3. The van der Waals surface area contributed by atoms with Gasteiger partial charge in [0.15, 0.2) is 11.5 Å². The number of rotatable bonds is 4. The number of nitrogens with zero attached hydrogens (tertiary/aromatic N) is 3. The van der Waals surface area contributed by atoms with Crippen molar-refractivity contribution in [1.82, 2.24) is 14.8 Å². The molecule has 0 fully saturated rings. The summed E-state index contributed by atoms with van der Waals surface area (Å²) in [5, 5.41) is 8.11. The van der Waals surface area contributed by atoms with E-state index < -0.39 is 0 Å². The summed E-state index contributed by atoms with van der Waals surface area (Å²) in [6.07, 6.45) is 1.26. The van der Waals surface area contributed by atoms with E-state index in [0.717, 1.165) is 33.7 Å². The molecule has 1 aromatic heterocycles. The summed E-state index contributed by atoms with van der Waals surface area (Å²) in [6.45, 7) is 2.09. The summed E-state index contributed by atoms with van der Waals surface area (Å²) < 4.78 is 19.7. The molecule has 0 radical (unpaired) electrons. The maximum atomic E-state index is 6.66. The molecular formula is C27H24N4O3. The standard InChI is InChI=1S/C27H24N4O3/c1-16-8-10-17(11-9-16)26-23-24(19-6-4-5-7-20(19)34-26)30-27-28-15-29-31(27)25(23)18-12-13-21(32-2)22(14-18)33-3/h4-15,25-26H,1-3H3,(H,28,29,30)/t25-,26-/m1/s1. The van der Waals surface area contributed by atoms with E-state index in [4.69, 9.17) is 14.2 Å². The Morgan fingerprint density at radius 1 is 0.912 bits per heavy atom. The molecule has 4 aromatic rings. The first-order valence-electron chi connectivity index (χ1n) is 11.1. The second kappa shape index (κ2) is 7.95. The largest absolute Gasteiger partial charge is 0.493 e. The van der Waals surface area contributed by atoms with E-state index >= 15 is 0 Å². The van der Waals surface area contributed by atoms with Crippen molar-refractivity contribution in [3.63, 3.8) is 0 Å². The minimum atomic E-state index is -0.312. The predicted molar refractivity (Wildman–Crippen MR) is 129 cm³/mol. The van der Waals surface area contributed by atoms with Gasteiger partial charge in [0, 0.05) is 11.1 Å². The van der Waals surface area contributed by atoms with Gasteiger partial charge in [-0.3, -0.25) is 0 Å². The molecule has 6 rings (SSSR count). The number of para-hydroxylation sites is 1. The molecule has 3 aromatic carbocycles. The Kier molecular flexibility index (Phi) is 4.76. The van der Waals surface area contributed by atoms with Gasteiger partial charge < -0.3 is 19.5 Å². The molecule has 34 heavy (non-hydrogen) atoms. The number of anilines is 1. The number of aryl methyl sites for hydroxylation is 1. The minimum absolute atomic E-state index is 0.256. The van der Waals surface area contributed by atoms with Gasteiger partial charge in [-0.15, -0.1) is 0 Å². The maximum Gasteiger partial charge on any atom is 0.226 e. The highest BCUT2D eigenvalue weighted by Crippen LogP contribution is 2.51. The fourth-order valence-corrected chi connectivity index (χ4v) is 4.78. The first kappa shape index (κ1) is 20.4. The van der Waals surface area contributed by atoms with Crippen LogP contribution in [0.25, 0.3) is 5.70 Å². The van der Waals surface area contributed by atoms with Gasteiger partial charge in [0.2, 0.25) is 5.95 Å². The lowest BCUT2D eigenvalue weighted by atomic mass is 9.84. The van der Waals surface area contributed by atoms with Crippen LogP contribution in [0.4, 0.5) is 5.95 Å². The third kappa shape index (κ3) is 3.12. The van der Waals surface area contributed by atoms with Gasteiger partial charge in [0.05, 0.1) is 19.9 Å². The molecule has 0 saturated heterocycles. The Labute approximate surface area is 197 Å².